The normalized spacial score (nSPS) is 18.7. The van der Waals surface area contributed by atoms with E-state index in [1.165, 1.54) is 10.6 Å². The average Bonchev–Trinajstić information content (AvgIpc) is 2.86. The predicted molar refractivity (Wildman–Crippen MR) is 64.9 cm³/mol. The van der Waals surface area contributed by atoms with Crippen LogP contribution in [-0.2, 0) is 11.3 Å². The third kappa shape index (κ3) is 2.00. The van der Waals surface area contributed by atoms with E-state index in [-0.39, 0.29) is 5.91 Å². The van der Waals surface area contributed by atoms with Crippen LogP contribution in [-0.4, -0.2) is 30.7 Å². The number of carbonyl (C=O) groups excluding carboxylic acids is 1. The number of benzene rings is 1. The van der Waals surface area contributed by atoms with E-state index in [9.17, 15) is 4.79 Å². The summed E-state index contributed by atoms with van der Waals surface area (Å²) in [7, 11) is 0. The van der Waals surface area contributed by atoms with Gasteiger partial charge in [0.1, 0.15) is 0 Å². The minimum atomic E-state index is -0.0267. The molecule has 0 atom stereocenters. The molecule has 1 saturated heterocycles. The maximum absolute atomic E-state index is 12.2. The molecule has 90 valence electrons. The Bertz CT molecular complexity index is 439. The van der Waals surface area contributed by atoms with Crippen LogP contribution in [0.5, 0.6) is 0 Å². The first kappa shape index (κ1) is 10.6. The summed E-state index contributed by atoms with van der Waals surface area (Å²) in [5, 5.41) is 4.77. The third-order valence-electron chi connectivity index (χ3n) is 3.30. The van der Waals surface area contributed by atoms with Gasteiger partial charge in [0.2, 0.25) is 0 Å². The van der Waals surface area contributed by atoms with Gasteiger partial charge in [-0.3, -0.25) is 9.63 Å². The van der Waals surface area contributed by atoms with Gasteiger partial charge in [-0.1, -0.05) is 6.07 Å². The topological polar surface area (TPSA) is 41.6 Å². The lowest BCUT2D eigenvalue weighted by Crippen LogP contribution is -2.35. The molecule has 2 aliphatic rings. The number of carbonyl (C=O) groups is 1. The van der Waals surface area contributed by atoms with E-state index in [1.807, 2.05) is 18.2 Å². The molecule has 0 radical (unpaired) electrons. The number of rotatable bonds is 1. The molecule has 0 aromatic heterocycles. The molecule has 1 N–H and O–H groups in total. The predicted octanol–water partition coefficient (Wildman–Crippen LogP) is 1.82. The summed E-state index contributed by atoms with van der Waals surface area (Å²) in [4.78, 5) is 17.5. The molecule has 4 nitrogen and oxygen atoms in total. The van der Waals surface area contributed by atoms with Gasteiger partial charge in [-0.2, -0.15) is 0 Å². The fourth-order valence-electron chi connectivity index (χ4n) is 2.32. The van der Waals surface area contributed by atoms with Crippen molar-refractivity contribution in [1.29, 1.82) is 0 Å². The summed E-state index contributed by atoms with van der Waals surface area (Å²) in [6, 6.07) is 5.86. The molecule has 4 heteroatoms. The van der Waals surface area contributed by atoms with Crippen molar-refractivity contribution in [1.82, 2.24) is 5.06 Å². The molecule has 1 fully saturated rings. The van der Waals surface area contributed by atoms with Gasteiger partial charge in [-0.05, 0) is 37.0 Å². The van der Waals surface area contributed by atoms with Crippen molar-refractivity contribution < 1.29 is 9.63 Å². The summed E-state index contributed by atoms with van der Waals surface area (Å²) >= 11 is 0. The monoisotopic (exact) mass is 232 g/mol. The summed E-state index contributed by atoms with van der Waals surface area (Å²) in [6.07, 6.45) is 3.11. The second-order valence-electron chi connectivity index (χ2n) is 4.50. The molecule has 2 aliphatic heterocycles. The molecule has 0 spiro atoms. The summed E-state index contributed by atoms with van der Waals surface area (Å²) in [6.45, 7) is 2.31. The number of anilines is 1. The van der Waals surface area contributed by atoms with Crippen molar-refractivity contribution >= 4 is 11.6 Å². The maximum Gasteiger partial charge on any atom is 0.277 e. The first-order valence-corrected chi connectivity index (χ1v) is 6.16. The number of hydroxylamine groups is 2. The lowest BCUT2D eigenvalue weighted by Gasteiger charge is -2.26. The SMILES string of the molecule is O=C(c1ccc2c(c1)NCC2)N1CCCCO1. The van der Waals surface area contributed by atoms with Crippen molar-refractivity contribution in [3.63, 3.8) is 0 Å². The van der Waals surface area contributed by atoms with E-state index < -0.39 is 0 Å². The molecule has 1 amide bonds. The number of fused-ring (bicyclic) bond motifs is 1. The highest BCUT2D eigenvalue weighted by Crippen LogP contribution is 2.24. The third-order valence-corrected chi connectivity index (χ3v) is 3.30. The number of hydrogen-bond donors (Lipinski definition) is 1. The van der Waals surface area contributed by atoms with Crippen LogP contribution >= 0.6 is 0 Å². The molecule has 17 heavy (non-hydrogen) atoms. The van der Waals surface area contributed by atoms with Gasteiger partial charge in [0, 0.05) is 24.3 Å². The first-order chi connectivity index (χ1) is 8.34. The van der Waals surface area contributed by atoms with E-state index in [2.05, 4.69) is 5.32 Å². The minimum absolute atomic E-state index is 0.0267. The Balaban J connectivity index is 1.81. The highest BCUT2D eigenvalue weighted by molar-refractivity contribution is 5.94. The van der Waals surface area contributed by atoms with Crippen LogP contribution in [0.25, 0.3) is 0 Å². The lowest BCUT2D eigenvalue weighted by molar-refractivity contribution is -0.144. The molecule has 0 bridgehead atoms. The first-order valence-electron chi connectivity index (χ1n) is 6.16. The highest BCUT2D eigenvalue weighted by Gasteiger charge is 2.21. The van der Waals surface area contributed by atoms with E-state index in [4.69, 9.17) is 4.84 Å². The van der Waals surface area contributed by atoms with Crippen molar-refractivity contribution in [3.8, 4) is 0 Å². The Morgan fingerprint density at radius 3 is 3.12 bits per heavy atom. The van der Waals surface area contributed by atoms with Crippen molar-refractivity contribution in [3.05, 3.63) is 29.3 Å². The van der Waals surface area contributed by atoms with Crippen LogP contribution in [0, 0.1) is 0 Å². The number of hydrogen-bond acceptors (Lipinski definition) is 3. The van der Waals surface area contributed by atoms with Crippen molar-refractivity contribution in [2.75, 3.05) is 25.0 Å². The molecule has 0 unspecified atom stereocenters. The van der Waals surface area contributed by atoms with Crippen LogP contribution in [0.15, 0.2) is 18.2 Å². The summed E-state index contributed by atoms with van der Waals surface area (Å²) < 4.78 is 0. The van der Waals surface area contributed by atoms with Gasteiger partial charge in [0.15, 0.2) is 0 Å². The molecule has 2 heterocycles. The maximum atomic E-state index is 12.2. The Labute approximate surface area is 101 Å². The van der Waals surface area contributed by atoms with Crippen LogP contribution in [0.4, 0.5) is 5.69 Å². The average molecular weight is 232 g/mol. The lowest BCUT2D eigenvalue weighted by atomic mass is 10.1. The van der Waals surface area contributed by atoms with Crippen LogP contribution in [0.3, 0.4) is 0 Å². The number of nitrogens with one attached hydrogen (secondary N) is 1. The largest absolute Gasteiger partial charge is 0.384 e. The van der Waals surface area contributed by atoms with E-state index >= 15 is 0 Å². The fraction of sp³-hybridized carbons (Fsp3) is 0.462. The second kappa shape index (κ2) is 4.37. The van der Waals surface area contributed by atoms with Gasteiger partial charge in [0.05, 0.1) is 6.61 Å². The zero-order valence-corrected chi connectivity index (χ0v) is 9.74. The van der Waals surface area contributed by atoms with Gasteiger partial charge in [-0.25, -0.2) is 5.06 Å². The highest BCUT2D eigenvalue weighted by atomic mass is 16.7. The minimum Gasteiger partial charge on any atom is -0.384 e. The van der Waals surface area contributed by atoms with E-state index in [0.717, 1.165) is 31.5 Å². The Kier molecular flexibility index (Phi) is 2.73. The molecule has 1 aromatic rings. The Morgan fingerprint density at radius 1 is 1.35 bits per heavy atom. The Hall–Kier alpha value is -1.55. The Morgan fingerprint density at radius 2 is 2.29 bits per heavy atom. The second-order valence-corrected chi connectivity index (χ2v) is 4.50. The van der Waals surface area contributed by atoms with Crippen LogP contribution < -0.4 is 5.32 Å². The zero-order chi connectivity index (χ0) is 11.7. The van der Waals surface area contributed by atoms with Gasteiger partial charge >= 0.3 is 0 Å². The molecular weight excluding hydrogens is 216 g/mol. The zero-order valence-electron chi connectivity index (χ0n) is 9.74. The molecule has 1 aromatic carbocycles. The van der Waals surface area contributed by atoms with Crippen LogP contribution in [0.1, 0.15) is 28.8 Å². The molecular formula is C13H16N2O2. The molecule has 0 aliphatic carbocycles. The fourth-order valence-corrected chi connectivity index (χ4v) is 2.32. The molecule has 3 rings (SSSR count). The standard InChI is InChI=1S/C13H16N2O2/c16-13(15-7-1-2-8-17-15)11-4-3-10-5-6-14-12(10)9-11/h3-4,9,14H,1-2,5-8H2. The van der Waals surface area contributed by atoms with E-state index in [1.54, 1.807) is 0 Å². The van der Waals surface area contributed by atoms with Crippen molar-refractivity contribution in [2.24, 2.45) is 0 Å². The van der Waals surface area contributed by atoms with Gasteiger partial charge < -0.3 is 5.32 Å². The van der Waals surface area contributed by atoms with Gasteiger partial charge in [0.25, 0.3) is 5.91 Å². The number of amides is 1. The van der Waals surface area contributed by atoms with E-state index in [0.29, 0.717) is 18.7 Å². The number of nitrogens with zero attached hydrogens (tertiary/aromatic N) is 1. The summed E-state index contributed by atoms with van der Waals surface area (Å²) in [5.41, 5.74) is 3.09. The summed E-state index contributed by atoms with van der Waals surface area (Å²) in [5.74, 6) is -0.0267. The van der Waals surface area contributed by atoms with Crippen molar-refractivity contribution in [2.45, 2.75) is 19.3 Å². The van der Waals surface area contributed by atoms with Crippen LogP contribution in [0.2, 0.25) is 0 Å². The quantitative estimate of drug-likeness (QED) is 0.803. The van der Waals surface area contributed by atoms with Gasteiger partial charge in [-0.15, -0.1) is 0 Å². The smallest absolute Gasteiger partial charge is 0.277 e. The molecule has 0 saturated carbocycles.